The first-order valence-electron chi connectivity index (χ1n) is 6.46. The number of aromatic nitrogens is 1. The third-order valence-electron chi connectivity index (χ3n) is 3.24. The molecule has 0 aliphatic rings. The molecule has 20 heavy (non-hydrogen) atoms. The van der Waals surface area contributed by atoms with Gasteiger partial charge in [-0.2, -0.15) is 0 Å². The minimum absolute atomic E-state index is 0.180. The van der Waals surface area contributed by atoms with Crippen molar-refractivity contribution >= 4 is 32.4 Å². The van der Waals surface area contributed by atoms with Gasteiger partial charge in [0, 0.05) is 11.8 Å². The number of hydrogen-bond donors (Lipinski definition) is 2. The molecular formula is C16H16N3S. The van der Waals surface area contributed by atoms with E-state index in [4.69, 9.17) is 5.73 Å². The first-order chi connectivity index (χ1) is 9.54. The number of anilines is 2. The van der Waals surface area contributed by atoms with Crippen LogP contribution >= 0.6 is 11.3 Å². The molecule has 0 bridgehead atoms. The van der Waals surface area contributed by atoms with Crippen molar-refractivity contribution in [1.29, 1.82) is 0 Å². The van der Waals surface area contributed by atoms with Crippen LogP contribution in [0.5, 0.6) is 0 Å². The topological polar surface area (TPSA) is 50.9 Å². The summed E-state index contributed by atoms with van der Waals surface area (Å²) in [5.41, 5.74) is 8.40. The lowest BCUT2D eigenvalue weighted by Gasteiger charge is -2.26. The van der Waals surface area contributed by atoms with Crippen LogP contribution < -0.4 is 11.1 Å². The Kier molecular flexibility index (Phi) is 3.10. The zero-order valence-corrected chi connectivity index (χ0v) is 12.3. The van der Waals surface area contributed by atoms with Crippen LogP contribution in [-0.4, -0.2) is 4.98 Å². The van der Waals surface area contributed by atoms with Crippen molar-refractivity contribution in [2.24, 2.45) is 0 Å². The van der Waals surface area contributed by atoms with Crippen LogP contribution in [0.4, 0.5) is 10.8 Å². The highest BCUT2D eigenvalue weighted by atomic mass is 32.1. The second-order valence-corrected chi connectivity index (χ2v) is 6.31. The van der Waals surface area contributed by atoms with Gasteiger partial charge >= 0.3 is 0 Å². The molecule has 1 radical (unpaired) electrons. The van der Waals surface area contributed by atoms with E-state index in [1.54, 1.807) is 17.4 Å². The Balaban J connectivity index is 1.92. The Labute approximate surface area is 122 Å². The Morgan fingerprint density at radius 1 is 1.25 bits per heavy atom. The maximum atomic E-state index is 5.78. The number of nitrogens with zero attached hydrogens (tertiary/aromatic N) is 1. The molecule has 0 saturated heterocycles. The van der Waals surface area contributed by atoms with E-state index >= 15 is 0 Å². The van der Waals surface area contributed by atoms with Crippen LogP contribution in [0, 0.1) is 6.07 Å². The molecule has 0 aliphatic carbocycles. The number of nitrogens with two attached hydrogens (primary N) is 1. The van der Waals surface area contributed by atoms with Gasteiger partial charge in [-0.3, -0.25) is 0 Å². The van der Waals surface area contributed by atoms with E-state index in [-0.39, 0.29) is 5.54 Å². The first-order valence-corrected chi connectivity index (χ1v) is 7.28. The number of nitrogens with one attached hydrogen (secondary N) is 1. The van der Waals surface area contributed by atoms with E-state index in [9.17, 15) is 0 Å². The Bertz CT molecular complexity index is 732. The fourth-order valence-electron chi connectivity index (χ4n) is 2.13. The molecule has 0 spiro atoms. The van der Waals surface area contributed by atoms with E-state index in [1.165, 1.54) is 5.56 Å². The highest BCUT2D eigenvalue weighted by Gasteiger charge is 2.21. The molecule has 0 aliphatic heterocycles. The number of fused-ring (bicyclic) bond motifs is 1. The number of benzene rings is 2. The van der Waals surface area contributed by atoms with Gasteiger partial charge in [0.15, 0.2) is 5.13 Å². The predicted molar refractivity (Wildman–Crippen MR) is 86.0 cm³/mol. The summed E-state index contributed by atoms with van der Waals surface area (Å²) in [6.45, 7) is 4.29. The molecule has 0 unspecified atom stereocenters. The van der Waals surface area contributed by atoms with Crippen molar-refractivity contribution in [3.8, 4) is 0 Å². The summed E-state index contributed by atoms with van der Waals surface area (Å²) in [6, 6.07) is 17.1. The minimum Gasteiger partial charge on any atom is -0.399 e. The van der Waals surface area contributed by atoms with Gasteiger partial charge in [-0.15, -0.1) is 0 Å². The lowest BCUT2D eigenvalue weighted by Crippen LogP contribution is -2.27. The van der Waals surface area contributed by atoms with Crippen molar-refractivity contribution in [3.05, 3.63) is 54.1 Å². The SMILES string of the molecule is CC(C)(Nc1nc2[c]cc(N)cc2s1)c1ccccc1. The molecule has 0 saturated carbocycles. The molecular weight excluding hydrogens is 266 g/mol. The number of nitrogen functional groups attached to an aromatic ring is 1. The van der Waals surface area contributed by atoms with Gasteiger partial charge in [0.05, 0.1) is 15.8 Å². The van der Waals surface area contributed by atoms with Gasteiger partial charge in [0.2, 0.25) is 0 Å². The molecule has 101 valence electrons. The number of thiazole rings is 1. The van der Waals surface area contributed by atoms with Crippen LogP contribution in [-0.2, 0) is 5.54 Å². The molecule has 4 heteroatoms. The van der Waals surface area contributed by atoms with Crippen molar-refractivity contribution in [2.75, 3.05) is 11.1 Å². The summed E-state index contributed by atoms with van der Waals surface area (Å²) in [4.78, 5) is 4.56. The maximum Gasteiger partial charge on any atom is 0.184 e. The average Bonchev–Trinajstić information content (AvgIpc) is 2.80. The Morgan fingerprint density at radius 2 is 2.00 bits per heavy atom. The van der Waals surface area contributed by atoms with E-state index in [1.807, 2.05) is 24.3 Å². The third kappa shape index (κ3) is 2.47. The summed E-state index contributed by atoms with van der Waals surface area (Å²) < 4.78 is 1.05. The van der Waals surface area contributed by atoms with E-state index in [2.05, 4.69) is 42.3 Å². The van der Waals surface area contributed by atoms with E-state index in [0.717, 1.165) is 21.0 Å². The summed E-state index contributed by atoms with van der Waals surface area (Å²) in [5, 5.41) is 4.37. The summed E-state index contributed by atoms with van der Waals surface area (Å²) in [5.74, 6) is 0. The zero-order chi connectivity index (χ0) is 14.2. The van der Waals surface area contributed by atoms with Crippen molar-refractivity contribution in [1.82, 2.24) is 4.98 Å². The van der Waals surface area contributed by atoms with Gasteiger partial charge < -0.3 is 11.1 Å². The maximum absolute atomic E-state index is 5.78. The molecule has 3 N–H and O–H groups in total. The monoisotopic (exact) mass is 282 g/mol. The largest absolute Gasteiger partial charge is 0.399 e. The lowest BCUT2D eigenvalue weighted by molar-refractivity contribution is 0.609. The van der Waals surface area contributed by atoms with Gasteiger partial charge in [-0.25, -0.2) is 4.98 Å². The molecule has 1 aromatic heterocycles. The minimum atomic E-state index is -0.180. The fraction of sp³-hybridized carbons (Fsp3) is 0.188. The molecule has 3 nitrogen and oxygen atoms in total. The summed E-state index contributed by atoms with van der Waals surface area (Å²) in [6.07, 6.45) is 0. The third-order valence-corrected chi connectivity index (χ3v) is 4.16. The van der Waals surface area contributed by atoms with Crippen molar-refractivity contribution < 1.29 is 0 Å². The number of rotatable bonds is 3. The van der Waals surface area contributed by atoms with Crippen molar-refractivity contribution in [3.63, 3.8) is 0 Å². The van der Waals surface area contributed by atoms with E-state index in [0.29, 0.717) is 0 Å². The lowest BCUT2D eigenvalue weighted by atomic mass is 9.95. The molecule has 0 fully saturated rings. The highest BCUT2D eigenvalue weighted by molar-refractivity contribution is 7.22. The van der Waals surface area contributed by atoms with Crippen LogP contribution in [0.1, 0.15) is 19.4 Å². The molecule has 3 rings (SSSR count). The van der Waals surface area contributed by atoms with Gasteiger partial charge in [-0.05, 0) is 31.5 Å². The average molecular weight is 282 g/mol. The van der Waals surface area contributed by atoms with Gasteiger partial charge in [0.25, 0.3) is 0 Å². The molecule has 1 heterocycles. The molecule has 3 aromatic rings. The van der Waals surface area contributed by atoms with Crippen LogP contribution in [0.3, 0.4) is 0 Å². The standard InChI is InChI=1S/C16H16N3S/c1-16(2,11-6-4-3-5-7-11)19-15-18-13-9-8-12(17)10-14(13)20-15/h3-8,10H,17H2,1-2H3,(H,18,19). The predicted octanol–water partition coefficient (Wildman–Crippen LogP) is 4.03. The molecule has 2 aromatic carbocycles. The fourth-order valence-corrected chi connectivity index (χ4v) is 3.17. The highest BCUT2D eigenvalue weighted by Crippen LogP contribution is 2.32. The van der Waals surface area contributed by atoms with E-state index < -0.39 is 0 Å². The smallest absolute Gasteiger partial charge is 0.184 e. The van der Waals surface area contributed by atoms with Crippen LogP contribution in [0.2, 0.25) is 0 Å². The summed E-state index contributed by atoms with van der Waals surface area (Å²) >= 11 is 1.60. The summed E-state index contributed by atoms with van der Waals surface area (Å²) in [7, 11) is 0. The second-order valence-electron chi connectivity index (χ2n) is 5.28. The normalized spacial score (nSPS) is 11.7. The van der Waals surface area contributed by atoms with Gasteiger partial charge in [0.1, 0.15) is 0 Å². The Hall–Kier alpha value is -2.07. The first kappa shape index (κ1) is 12.9. The van der Waals surface area contributed by atoms with Crippen LogP contribution in [0.15, 0.2) is 42.5 Å². The second kappa shape index (κ2) is 4.80. The van der Waals surface area contributed by atoms with Crippen LogP contribution in [0.25, 0.3) is 10.2 Å². The molecule has 0 atom stereocenters. The Morgan fingerprint density at radius 3 is 2.75 bits per heavy atom. The molecule has 0 amide bonds. The zero-order valence-electron chi connectivity index (χ0n) is 11.5. The quantitative estimate of drug-likeness (QED) is 0.713. The van der Waals surface area contributed by atoms with Gasteiger partial charge in [-0.1, -0.05) is 41.7 Å². The van der Waals surface area contributed by atoms with Crippen molar-refractivity contribution in [2.45, 2.75) is 19.4 Å². The number of hydrogen-bond acceptors (Lipinski definition) is 4.